The van der Waals surface area contributed by atoms with E-state index in [9.17, 15) is 14.4 Å². The van der Waals surface area contributed by atoms with E-state index in [1.807, 2.05) is 69.6 Å². The van der Waals surface area contributed by atoms with Crippen LogP contribution in [0.25, 0.3) is 11.3 Å². The first-order chi connectivity index (χ1) is 20.2. The van der Waals surface area contributed by atoms with Crippen LogP contribution in [0.15, 0.2) is 66.7 Å². The van der Waals surface area contributed by atoms with Crippen LogP contribution in [0.2, 0.25) is 0 Å². The number of methoxy groups -OCH3 is 1. The number of likely N-dealkylation sites (N-methyl/N-ethyl adjacent to an activating group) is 1. The Morgan fingerprint density at radius 3 is 2.33 bits per heavy atom. The van der Waals surface area contributed by atoms with Crippen LogP contribution in [0.3, 0.4) is 0 Å². The Balaban J connectivity index is 1.42. The lowest BCUT2D eigenvalue weighted by Gasteiger charge is -2.42. The highest BCUT2D eigenvalue weighted by Gasteiger charge is 2.35. The molecule has 0 atom stereocenters. The molecule has 0 spiro atoms. The molecule has 3 aromatic rings. The molecule has 3 aromatic carbocycles. The van der Waals surface area contributed by atoms with E-state index in [-0.39, 0.29) is 17.4 Å². The van der Waals surface area contributed by atoms with Crippen molar-refractivity contribution in [2.75, 3.05) is 51.6 Å². The minimum absolute atomic E-state index is 0.125. The van der Waals surface area contributed by atoms with Gasteiger partial charge in [0.25, 0.3) is 11.8 Å². The number of fused-ring (bicyclic) bond motifs is 1. The Labute approximate surface area is 245 Å². The maximum Gasteiger partial charge on any atom is 0.338 e. The summed E-state index contributed by atoms with van der Waals surface area (Å²) in [5.41, 5.74) is 5.37. The first-order valence-corrected chi connectivity index (χ1v) is 14.0. The number of rotatable bonds is 8. The van der Waals surface area contributed by atoms with Crippen molar-refractivity contribution in [3.8, 4) is 0 Å². The van der Waals surface area contributed by atoms with Gasteiger partial charge in [0.2, 0.25) is 0 Å². The molecular formula is C33H36N4O5. The predicted molar refractivity (Wildman–Crippen MR) is 163 cm³/mol. The number of carbonyl (C=O) groups excluding carboxylic acids is 3. The molecular weight excluding hydrogens is 532 g/mol. The standard InChI is InChI=1S/C33H36N4O5/c1-21-18-26-27(19-25(21)32(40)41-4)36-31(39)28(26)29(22-8-6-5-7-9-22)35-24-12-10-23(11-13-24)30(38)34-20-33(37(2)3)14-16-42-17-15-33/h5-13,18-19,35H,14-17,20H2,1-4H3,(H,34,38)(H,36,39)/b29-28-. The highest BCUT2D eigenvalue weighted by atomic mass is 16.5. The molecule has 9 heteroatoms. The molecule has 218 valence electrons. The zero-order chi connectivity index (χ0) is 29.9. The van der Waals surface area contributed by atoms with Crippen LogP contribution >= 0.6 is 0 Å². The van der Waals surface area contributed by atoms with E-state index in [4.69, 9.17) is 9.47 Å². The van der Waals surface area contributed by atoms with Crippen molar-refractivity contribution in [3.05, 3.63) is 94.5 Å². The predicted octanol–water partition coefficient (Wildman–Crippen LogP) is 4.55. The molecule has 2 aliphatic heterocycles. The van der Waals surface area contributed by atoms with E-state index in [0.29, 0.717) is 59.0 Å². The summed E-state index contributed by atoms with van der Waals surface area (Å²) in [6.07, 6.45) is 1.72. The summed E-state index contributed by atoms with van der Waals surface area (Å²) >= 11 is 0. The van der Waals surface area contributed by atoms with E-state index >= 15 is 0 Å². The maximum atomic E-state index is 13.3. The van der Waals surface area contributed by atoms with Crippen molar-refractivity contribution in [2.45, 2.75) is 25.3 Å². The molecule has 2 aliphatic rings. The van der Waals surface area contributed by atoms with E-state index in [1.165, 1.54) is 7.11 Å². The lowest BCUT2D eigenvalue weighted by molar-refractivity contribution is -0.110. The number of anilines is 2. The minimum Gasteiger partial charge on any atom is -0.465 e. The third-order valence-corrected chi connectivity index (χ3v) is 8.19. The lowest BCUT2D eigenvalue weighted by Crippen LogP contribution is -2.55. The molecule has 0 bridgehead atoms. The number of ether oxygens (including phenoxy) is 2. The van der Waals surface area contributed by atoms with Gasteiger partial charge in [0.1, 0.15) is 0 Å². The van der Waals surface area contributed by atoms with Gasteiger partial charge in [0.05, 0.1) is 29.6 Å². The molecule has 2 amide bonds. The first kappa shape index (κ1) is 29.0. The van der Waals surface area contributed by atoms with E-state index in [2.05, 4.69) is 20.9 Å². The van der Waals surface area contributed by atoms with Crippen LogP contribution in [0.5, 0.6) is 0 Å². The van der Waals surface area contributed by atoms with E-state index in [1.54, 1.807) is 18.2 Å². The normalized spacial score (nSPS) is 16.8. The van der Waals surface area contributed by atoms with Gasteiger partial charge in [-0.1, -0.05) is 30.3 Å². The molecule has 0 radical (unpaired) electrons. The Hall–Kier alpha value is -4.47. The van der Waals surface area contributed by atoms with Crippen molar-refractivity contribution >= 4 is 40.4 Å². The Morgan fingerprint density at radius 1 is 1.00 bits per heavy atom. The van der Waals surface area contributed by atoms with Crippen molar-refractivity contribution in [3.63, 3.8) is 0 Å². The van der Waals surface area contributed by atoms with Crippen LogP contribution in [-0.4, -0.2) is 69.2 Å². The van der Waals surface area contributed by atoms with Crippen molar-refractivity contribution in [1.29, 1.82) is 0 Å². The van der Waals surface area contributed by atoms with Gasteiger partial charge >= 0.3 is 5.97 Å². The maximum absolute atomic E-state index is 13.3. The Morgan fingerprint density at radius 2 is 1.69 bits per heavy atom. The number of benzene rings is 3. The monoisotopic (exact) mass is 568 g/mol. The topological polar surface area (TPSA) is 109 Å². The zero-order valence-electron chi connectivity index (χ0n) is 24.4. The van der Waals surface area contributed by atoms with Gasteiger partial charge in [-0.3, -0.25) is 9.59 Å². The van der Waals surface area contributed by atoms with Crippen molar-refractivity contribution < 1.29 is 23.9 Å². The van der Waals surface area contributed by atoms with Gasteiger partial charge in [-0.25, -0.2) is 4.79 Å². The van der Waals surface area contributed by atoms with Gasteiger partial charge in [-0.15, -0.1) is 0 Å². The van der Waals surface area contributed by atoms with Crippen LogP contribution < -0.4 is 16.0 Å². The molecule has 9 nitrogen and oxygen atoms in total. The SMILES string of the molecule is COC(=O)c1cc2c(cc1C)/C(=C(/Nc1ccc(C(=O)NCC3(N(C)C)CCOCC3)cc1)c1ccccc1)C(=O)N2. The quantitative estimate of drug-likeness (QED) is 0.270. The third-order valence-electron chi connectivity index (χ3n) is 8.19. The van der Waals surface area contributed by atoms with Crippen LogP contribution in [0.1, 0.15) is 50.2 Å². The van der Waals surface area contributed by atoms with E-state index < -0.39 is 5.97 Å². The second-order valence-corrected chi connectivity index (χ2v) is 10.9. The fraction of sp³-hybridized carbons (Fsp3) is 0.303. The fourth-order valence-corrected chi connectivity index (χ4v) is 5.52. The summed E-state index contributed by atoms with van der Waals surface area (Å²) in [5.74, 6) is -0.884. The number of amides is 2. The zero-order valence-corrected chi connectivity index (χ0v) is 24.4. The third kappa shape index (κ3) is 5.79. The second kappa shape index (κ2) is 12.2. The summed E-state index contributed by atoms with van der Waals surface area (Å²) in [6.45, 7) is 3.72. The lowest BCUT2D eigenvalue weighted by atomic mass is 9.88. The number of esters is 1. The highest BCUT2D eigenvalue weighted by Crippen LogP contribution is 2.39. The molecule has 1 saturated heterocycles. The molecule has 0 aromatic heterocycles. The molecule has 1 fully saturated rings. The number of aryl methyl sites for hydroxylation is 1. The average Bonchev–Trinajstić information content (AvgIpc) is 3.33. The van der Waals surface area contributed by atoms with Crippen molar-refractivity contribution in [1.82, 2.24) is 10.2 Å². The summed E-state index contributed by atoms with van der Waals surface area (Å²) in [4.78, 5) is 40.8. The molecule has 0 aliphatic carbocycles. The van der Waals surface area contributed by atoms with Gasteiger partial charge in [-0.05, 0) is 81.4 Å². The van der Waals surface area contributed by atoms with Crippen LogP contribution in [0, 0.1) is 6.92 Å². The number of nitrogens with zero attached hydrogens (tertiary/aromatic N) is 1. The largest absolute Gasteiger partial charge is 0.465 e. The fourth-order valence-electron chi connectivity index (χ4n) is 5.52. The van der Waals surface area contributed by atoms with Crippen molar-refractivity contribution in [2.24, 2.45) is 0 Å². The number of nitrogens with one attached hydrogen (secondary N) is 3. The summed E-state index contributed by atoms with van der Waals surface area (Å²) in [5, 5.41) is 9.43. The van der Waals surface area contributed by atoms with Gasteiger partial charge in [0.15, 0.2) is 0 Å². The van der Waals surface area contributed by atoms with E-state index in [0.717, 1.165) is 24.1 Å². The van der Waals surface area contributed by atoms with Crippen LogP contribution in [0.4, 0.5) is 11.4 Å². The summed E-state index contributed by atoms with van der Waals surface area (Å²) < 4.78 is 10.4. The van der Waals surface area contributed by atoms with Gasteiger partial charge < -0.3 is 30.3 Å². The first-order valence-electron chi connectivity index (χ1n) is 14.0. The van der Waals surface area contributed by atoms with Gasteiger partial charge in [-0.2, -0.15) is 0 Å². The Kier molecular flexibility index (Phi) is 8.42. The molecule has 0 saturated carbocycles. The number of hydrogen-bond acceptors (Lipinski definition) is 7. The molecule has 42 heavy (non-hydrogen) atoms. The molecule has 3 N–H and O–H groups in total. The smallest absolute Gasteiger partial charge is 0.338 e. The average molecular weight is 569 g/mol. The summed E-state index contributed by atoms with van der Waals surface area (Å²) in [6, 6.07) is 20.2. The number of carbonyl (C=O) groups is 3. The highest BCUT2D eigenvalue weighted by molar-refractivity contribution is 6.37. The summed E-state index contributed by atoms with van der Waals surface area (Å²) in [7, 11) is 5.41. The second-order valence-electron chi connectivity index (χ2n) is 10.9. The molecule has 2 heterocycles. The number of hydrogen-bond donors (Lipinski definition) is 3. The Bertz CT molecular complexity index is 1520. The molecule has 5 rings (SSSR count). The van der Waals surface area contributed by atoms with Gasteiger partial charge in [0, 0.05) is 42.1 Å². The van der Waals surface area contributed by atoms with Crippen LogP contribution in [-0.2, 0) is 14.3 Å². The molecule has 0 unspecified atom stereocenters. The minimum atomic E-state index is -0.461.